The van der Waals surface area contributed by atoms with Crippen molar-refractivity contribution in [3.8, 4) is 11.5 Å². The Balaban J connectivity index is 1.57. The third-order valence-electron chi connectivity index (χ3n) is 5.78. The molecule has 1 atom stereocenters. The molecule has 170 valence electrons. The van der Waals surface area contributed by atoms with Gasteiger partial charge in [-0.15, -0.1) is 0 Å². The Morgan fingerprint density at radius 1 is 0.909 bits per heavy atom. The number of hydrogen-bond acceptors (Lipinski definition) is 5. The molecule has 0 bridgehead atoms. The molecule has 0 spiro atoms. The third kappa shape index (κ3) is 4.34. The fourth-order valence-corrected chi connectivity index (χ4v) is 5.29. The van der Waals surface area contributed by atoms with E-state index in [0.717, 1.165) is 29.4 Å². The van der Waals surface area contributed by atoms with Gasteiger partial charge in [0.05, 0.1) is 18.1 Å². The number of ether oxygens (including phenoxy) is 2. The van der Waals surface area contributed by atoms with E-state index < -0.39 is 16.1 Å². The smallest absolute Gasteiger partial charge is 0.241 e. The van der Waals surface area contributed by atoms with Crippen molar-refractivity contribution in [3.05, 3.63) is 89.7 Å². The summed E-state index contributed by atoms with van der Waals surface area (Å²) in [5, 5.41) is 0.918. The van der Waals surface area contributed by atoms with Crippen LogP contribution in [0.25, 0.3) is 11.0 Å². The first kappa shape index (κ1) is 21.6. The predicted molar refractivity (Wildman–Crippen MR) is 126 cm³/mol. The molecule has 0 amide bonds. The lowest BCUT2D eigenvalue weighted by Crippen LogP contribution is -2.30. The molecule has 33 heavy (non-hydrogen) atoms. The molecule has 3 aromatic carbocycles. The van der Waals surface area contributed by atoms with E-state index in [9.17, 15) is 8.42 Å². The Kier molecular flexibility index (Phi) is 5.83. The maximum atomic E-state index is 13.5. The topological polar surface area (TPSA) is 77.8 Å². The van der Waals surface area contributed by atoms with Gasteiger partial charge in [0.2, 0.25) is 10.0 Å². The summed E-state index contributed by atoms with van der Waals surface area (Å²) in [6, 6.07) is 21.4. The second-order valence-corrected chi connectivity index (χ2v) is 9.67. The Bertz CT molecular complexity index is 1360. The van der Waals surface area contributed by atoms with Crippen molar-refractivity contribution in [1.29, 1.82) is 0 Å². The van der Waals surface area contributed by atoms with E-state index in [1.54, 1.807) is 6.07 Å². The van der Waals surface area contributed by atoms with Gasteiger partial charge in [0.1, 0.15) is 17.4 Å². The number of sulfonamides is 1. The molecular weight excluding hydrogens is 438 g/mol. The van der Waals surface area contributed by atoms with Crippen LogP contribution in [0.5, 0.6) is 11.5 Å². The van der Waals surface area contributed by atoms with Gasteiger partial charge in [-0.25, -0.2) is 8.42 Å². The van der Waals surface area contributed by atoms with Gasteiger partial charge in [-0.05, 0) is 41.8 Å². The molecule has 0 unspecified atom stereocenters. The molecule has 4 aromatic rings. The highest BCUT2D eigenvalue weighted by molar-refractivity contribution is 7.89. The average Bonchev–Trinajstić information content (AvgIpc) is 3.12. The summed E-state index contributed by atoms with van der Waals surface area (Å²) < 4.78 is 47.4. The lowest BCUT2D eigenvalue weighted by atomic mass is 9.97. The molecule has 1 aromatic heterocycles. The number of fused-ring (bicyclic) bond motifs is 2. The molecule has 0 aliphatic carbocycles. The van der Waals surface area contributed by atoms with E-state index in [-0.39, 0.29) is 4.90 Å². The standard InChI is InChI=1S/C26H25NO5S/c1-2-18-8-3-5-10-21(18)26(25-16-19-9-4-6-11-22(19)32-25)27-33(28,29)20-12-13-23-24(17-20)31-15-7-14-30-23/h3-6,8-13,16-17,26-27H,2,7,14-15H2,1H3/t26-/m1/s1. The van der Waals surface area contributed by atoms with E-state index in [1.807, 2.05) is 61.5 Å². The lowest BCUT2D eigenvalue weighted by Gasteiger charge is -2.20. The first-order valence-electron chi connectivity index (χ1n) is 11.0. The Morgan fingerprint density at radius 2 is 1.67 bits per heavy atom. The molecule has 1 aliphatic heterocycles. The molecule has 2 heterocycles. The summed E-state index contributed by atoms with van der Waals surface area (Å²) in [5.41, 5.74) is 2.61. The van der Waals surface area contributed by atoms with Gasteiger partial charge in [-0.3, -0.25) is 0 Å². The van der Waals surface area contributed by atoms with Crippen LogP contribution in [-0.2, 0) is 16.4 Å². The number of rotatable bonds is 6. The van der Waals surface area contributed by atoms with E-state index in [2.05, 4.69) is 4.72 Å². The quantitative estimate of drug-likeness (QED) is 0.424. The van der Waals surface area contributed by atoms with Crippen molar-refractivity contribution < 1.29 is 22.3 Å². The predicted octanol–water partition coefficient (Wildman–Crippen LogP) is 5.22. The van der Waals surface area contributed by atoms with Gasteiger partial charge in [0.15, 0.2) is 11.5 Å². The molecule has 6 nitrogen and oxygen atoms in total. The maximum Gasteiger partial charge on any atom is 0.241 e. The van der Waals surface area contributed by atoms with Crippen LogP contribution in [0.15, 0.2) is 82.1 Å². The van der Waals surface area contributed by atoms with Gasteiger partial charge in [0.25, 0.3) is 0 Å². The van der Waals surface area contributed by atoms with Crippen LogP contribution in [0.1, 0.15) is 36.3 Å². The van der Waals surface area contributed by atoms with E-state index in [0.29, 0.717) is 36.1 Å². The number of nitrogens with one attached hydrogen (secondary N) is 1. The molecule has 0 saturated carbocycles. The highest BCUT2D eigenvalue weighted by Crippen LogP contribution is 2.35. The van der Waals surface area contributed by atoms with Crippen LogP contribution in [0.2, 0.25) is 0 Å². The monoisotopic (exact) mass is 463 g/mol. The highest BCUT2D eigenvalue weighted by Gasteiger charge is 2.28. The first-order chi connectivity index (χ1) is 16.0. The maximum absolute atomic E-state index is 13.5. The Morgan fingerprint density at radius 3 is 2.48 bits per heavy atom. The lowest BCUT2D eigenvalue weighted by molar-refractivity contribution is 0.297. The van der Waals surface area contributed by atoms with E-state index >= 15 is 0 Å². The summed E-state index contributed by atoms with van der Waals surface area (Å²) in [7, 11) is -3.91. The number of furan rings is 1. The van der Waals surface area contributed by atoms with Crippen LogP contribution >= 0.6 is 0 Å². The Hall–Kier alpha value is -3.29. The van der Waals surface area contributed by atoms with Gasteiger partial charge in [-0.2, -0.15) is 4.72 Å². The SMILES string of the molecule is CCc1ccccc1[C@@H](NS(=O)(=O)c1ccc2c(c1)OCCCO2)c1cc2ccccc2o1. The second-order valence-electron chi connectivity index (χ2n) is 7.95. The molecule has 7 heteroatoms. The summed E-state index contributed by atoms with van der Waals surface area (Å²) in [6.45, 7) is 3.07. The van der Waals surface area contributed by atoms with Crippen molar-refractivity contribution >= 4 is 21.0 Å². The largest absolute Gasteiger partial charge is 0.490 e. The minimum atomic E-state index is -3.91. The zero-order valence-electron chi connectivity index (χ0n) is 18.3. The normalized spacial score (nSPS) is 14.7. The minimum Gasteiger partial charge on any atom is -0.490 e. The summed E-state index contributed by atoms with van der Waals surface area (Å²) >= 11 is 0. The van der Waals surface area contributed by atoms with Crippen molar-refractivity contribution in [2.75, 3.05) is 13.2 Å². The fraction of sp³-hybridized carbons (Fsp3) is 0.231. The van der Waals surface area contributed by atoms with Crippen molar-refractivity contribution in [2.45, 2.75) is 30.7 Å². The molecular formula is C26H25NO5S. The number of para-hydroxylation sites is 1. The van der Waals surface area contributed by atoms with Crippen LogP contribution in [0.4, 0.5) is 0 Å². The van der Waals surface area contributed by atoms with E-state index in [4.69, 9.17) is 13.9 Å². The van der Waals surface area contributed by atoms with Gasteiger partial charge >= 0.3 is 0 Å². The first-order valence-corrected chi connectivity index (χ1v) is 12.5. The van der Waals surface area contributed by atoms with Crippen molar-refractivity contribution in [2.24, 2.45) is 0 Å². The second kappa shape index (κ2) is 8.92. The number of aryl methyl sites for hydroxylation is 1. The minimum absolute atomic E-state index is 0.113. The summed E-state index contributed by atoms with van der Waals surface area (Å²) in [4.78, 5) is 0.113. The Labute approximate surface area is 193 Å². The van der Waals surface area contributed by atoms with Crippen LogP contribution in [0.3, 0.4) is 0 Å². The average molecular weight is 464 g/mol. The number of benzene rings is 3. The van der Waals surface area contributed by atoms with Gasteiger partial charge in [0, 0.05) is 17.9 Å². The summed E-state index contributed by atoms with van der Waals surface area (Å²) in [5.74, 6) is 1.52. The van der Waals surface area contributed by atoms with Gasteiger partial charge in [-0.1, -0.05) is 49.4 Å². The molecule has 5 rings (SSSR count). The summed E-state index contributed by atoms with van der Waals surface area (Å²) in [6.07, 6.45) is 1.51. The fourth-order valence-electron chi connectivity index (χ4n) is 4.09. The number of hydrogen-bond donors (Lipinski definition) is 1. The molecule has 1 N–H and O–H groups in total. The van der Waals surface area contributed by atoms with Crippen molar-refractivity contribution in [3.63, 3.8) is 0 Å². The zero-order valence-corrected chi connectivity index (χ0v) is 19.1. The van der Waals surface area contributed by atoms with Crippen LogP contribution < -0.4 is 14.2 Å². The molecule has 0 radical (unpaired) electrons. The molecule has 1 aliphatic rings. The van der Waals surface area contributed by atoms with Crippen LogP contribution in [0, 0.1) is 0 Å². The van der Waals surface area contributed by atoms with Crippen LogP contribution in [-0.4, -0.2) is 21.6 Å². The molecule has 0 saturated heterocycles. The van der Waals surface area contributed by atoms with E-state index in [1.165, 1.54) is 12.1 Å². The zero-order chi connectivity index (χ0) is 22.8. The molecule has 0 fully saturated rings. The third-order valence-corrected chi connectivity index (χ3v) is 7.20. The highest BCUT2D eigenvalue weighted by atomic mass is 32.2. The van der Waals surface area contributed by atoms with Gasteiger partial charge < -0.3 is 13.9 Å². The van der Waals surface area contributed by atoms with Crippen molar-refractivity contribution in [1.82, 2.24) is 4.72 Å².